The van der Waals surface area contributed by atoms with E-state index in [1.165, 1.54) is 0 Å². The molecule has 230 valence electrons. The Morgan fingerprint density at radius 2 is 0.537 bits per heavy atom. The van der Waals surface area contributed by atoms with E-state index in [-0.39, 0.29) is 0 Å². The van der Waals surface area contributed by atoms with Gasteiger partial charge in [0.15, 0.2) is 16.8 Å². The summed E-state index contributed by atoms with van der Waals surface area (Å²) < 4.78 is 27.3. The molecule has 0 aromatic carbocycles. The highest BCUT2D eigenvalue weighted by molar-refractivity contribution is 7.48. The van der Waals surface area contributed by atoms with Crippen molar-refractivity contribution in [1.29, 1.82) is 0 Å². The Kier molecular flexibility index (Phi) is 12.1. The van der Waals surface area contributed by atoms with Gasteiger partial charge in [-0.3, -0.25) is 42.3 Å². The highest BCUT2D eigenvalue weighted by Gasteiger charge is 2.60. The number of rotatable bonds is 21. The second-order valence-electron chi connectivity index (χ2n) is 8.04. The predicted octanol–water partition coefficient (Wildman–Crippen LogP) is -1.54. The molecule has 22 nitrogen and oxygen atoms in total. The normalized spacial score (nSPS) is 12.2. The molecule has 0 unspecified atom stereocenters. The third-order valence-corrected chi connectivity index (χ3v) is 6.37. The van der Waals surface area contributed by atoms with Crippen LogP contribution in [0.2, 0.25) is 0 Å². The summed E-state index contributed by atoms with van der Waals surface area (Å²) in [5, 5.41) is 83.5. The molecule has 0 aliphatic heterocycles. The van der Waals surface area contributed by atoms with Crippen molar-refractivity contribution in [2.75, 3.05) is 0 Å². The average molecular weight is 620 g/mol. The molecule has 41 heavy (non-hydrogen) atoms. The van der Waals surface area contributed by atoms with Crippen molar-refractivity contribution in [3.05, 3.63) is 0 Å². The number of aliphatic carboxylic acids is 9. The summed E-state index contributed by atoms with van der Waals surface area (Å²) in [5.41, 5.74) is -11.6. The van der Waals surface area contributed by atoms with E-state index in [0.717, 1.165) is 0 Å². The maximum Gasteiger partial charge on any atom is 0.478 e. The zero-order chi connectivity index (χ0) is 32.6. The van der Waals surface area contributed by atoms with Crippen molar-refractivity contribution in [3.63, 3.8) is 0 Å². The molecule has 0 spiro atoms. The first-order valence-electron chi connectivity index (χ1n) is 10.2. The van der Waals surface area contributed by atoms with Crippen molar-refractivity contribution in [2.24, 2.45) is 0 Å². The molecule has 0 aromatic rings. The molecule has 0 saturated carbocycles. The Bertz CT molecular complexity index is 992. The zero-order valence-electron chi connectivity index (χ0n) is 20.0. The summed E-state index contributed by atoms with van der Waals surface area (Å²) in [5.74, 6) is -21.3. The van der Waals surface area contributed by atoms with Gasteiger partial charge in [-0.2, -0.15) is 0 Å². The fourth-order valence-electron chi connectivity index (χ4n) is 3.12. The van der Waals surface area contributed by atoms with E-state index in [1.807, 2.05) is 0 Å². The number of phosphoric acid groups is 1. The number of carboxylic acids is 9. The molecule has 0 aliphatic rings. The molecule has 23 heteroatoms. The van der Waals surface area contributed by atoms with Crippen molar-refractivity contribution >= 4 is 61.5 Å². The van der Waals surface area contributed by atoms with E-state index >= 15 is 0 Å². The molecule has 0 saturated heterocycles. The molecule has 0 heterocycles. The summed E-state index contributed by atoms with van der Waals surface area (Å²) in [4.78, 5) is 104. The van der Waals surface area contributed by atoms with Crippen LogP contribution in [0.1, 0.15) is 38.5 Å². The summed E-state index contributed by atoms with van der Waals surface area (Å²) in [6.07, 6.45) is -12.1. The van der Waals surface area contributed by atoms with Gasteiger partial charge in [0, 0.05) is 0 Å². The van der Waals surface area contributed by atoms with E-state index in [4.69, 9.17) is 30.6 Å². The van der Waals surface area contributed by atoms with Gasteiger partial charge in [-0.15, -0.1) is 0 Å². The smallest absolute Gasteiger partial charge is 0.478 e. The van der Waals surface area contributed by atoms with Gasteiger partial charge in [0.2, 0.25) is 0 Å². The van der Waals surface area contributed by atoms with Crippen LogP contribution in [0.15, 0.2) is 0 Å². The van der Waals surface area contributed by atoms with Crippen LogP contribution in [-0.2, 0) is 61.3 Å². The van der Waals surface area contributed by atoms with Gasteiger partial charge in [0.05, 0.1) is 38.5 Å². The van der Waals surface area contributed by atoms with Gasteiger partial charge >= 0.3 is 61.5 Å². The quantitative estimate of drug-likeness (QED) is 0.0656. The number of phosphoric ester groups is 1. The predicted molar refractivity (Wildman–Crippen MR) is 115 cm³/mol. The maximum absolute atomic E-state index is 13.8. The van der Waals surface area contributed by atoms with Crippen LogP contribution in [0.5, 0.6) is 0 Å². The number of hydrogen-bond acceptors (Lipinski definition) is 13. The van der Waals surface area contributed by atoms with Crippen LogP contribution in [0.3, 0.4) is 0 Å². The van der Waals surface area contributed by atoms with Crippen LogP contribution in [0.25, 0.3) is 0 Å². The fraction of sp³-hybridized carbons (Fsp3) is 0.500. The van der Waals surface area contributed by atoms with Crippen LogP contribution in [0, 0.1) is 0 Å². The number of carbonyl (C=O) groups is 9. The first-order chi connectivity index (χ1) is 18.5. The minimum absolute atomic E-state index is 2.01. The van der Waals surface area contributed by atoms with Gasteiger partial charge in [-0.05, 0) is 0 Å². The second-order valence-corrected chi connectivity index (χ2v) is 9.48. The third-order valence-electron chi connectivity index (χ3n) is 4.65. The van der Waals surface area contributed by atoms with Gasteiger partial charge in [-0.1, -0.05) is 0 Å². The highest BCUT2D eigenvalue weighted by Crippen LogP contribution is 2.61. The fourth-order valence-corrected chi connectivity index (χ4v) is 5.13. The third kappa shape index (κ3) is 10.4. The second kappa shape index (κ2) is 13.6. The molecule has 0 aromatic heterocycles. The van der Waals surface area contributed by atoms with E-state index in [0.29, 0.717) is 0 Å². The van der Waals surface area contributed by atoms with Gasteiger partial charge < -0.3 is 46.0 Å². The van der Waals surface area contributed by atoms with Crippen molar-refractivity contribution in [3.8, 4) is 0 Å². The maximum atomic E-state index is 13.8. The molecule has 0 fully saturated rings. The standard InChI is InChI=1S/C18H21O22P/c19-7(20)1-16(13(31)32,2-8(21)22)38-41(37,39-17(14(33)34,3-9(23)24)4-10(25)26)40-18(15(35)36,5-11(27)28)6-12(29)30/h1-6H2,(H,19,20)(H,21,22)(H,23,24)(H,25,26)(H,27,28)(H,29,30)(H,31,32)(H,33,34)(H,35,36). The van der Waals surface area contributed by atoms with Gasteiger partial charge in [0.1, 0.15) is 0 Å². The zero-order valence-corrected chi connectivity index (χ0v) is 20.9. The van der Waals surface area contributed by atoms with E-state index < -0.39 is 117 Å². The summed E-state index contributed by atoms with van der Waals surface area (Å²) in [7, 11) is -6.81. The molecule has 9 N–H and O–H groups in total. The first-order valence-corrected chi connectivity index (χ1v) is 11.6. The first kappa shape index (κ1) is 36.3. The number of hydrogen-bond donors (Lipinski definition) is 9. The van der Waals surface area contributed by atoms with Crippen molar-refractivity contribution in [1.82, 2.24) is 0 Å². The highest BCUT2D eigenvalue weighted by atomic mass is 31.2. The SMILES string of the molecule is O=C(O)CC(CC(=O)O)(OP(=O)(OC(CC(=O)O)(CC(=O)O)C(=O)O)OC(CC(=O)O)(CC(=O)O)C(=O)O)C(=O)O. The van der Waals surface area contributed by atoms with Crippen LogP contribution < -0.4 is 0 Å². The Hall–Kier alpha value is -4.66. The molecule has 0 amide bonds. The Morgan fingerprint density at radius 3 is 0.634 bits per heavy atom. The van der Waals surface area contributed by atoms with E-state index in [2.05, 4.69) is 13.6 Å². The summed E-state index contributed by atoms with van der Waals surface area (Å²) in [6.45, 7) is 0. The minimum Gasteiger partial charge on any atom is -0.481 e. The summed E-state index contributed by atoms with van der Waals surface area (Å²) in [6, 6.07) is 0. The lowest BCUT2D eigenvalue weighted by Gasteiger charge is -2.38. The largest absolute Gasteiger partial charge is 0.481 e. The topological polar surface area (TPSA) is 380 Å². The lowest BCUT2D eigenvalue weighted by Crippen LogP contribution is -2.51. The Balaban J connectivity index is 7.79. The molecule has 0 aliphatic carbocycles. The van der Waals surface area contributed by atoms with E-state index in [1.54, 1.807) is 0 Å². The monoisotopic (exact) mass is 620 g/mol. The van der Waals surface area contributed by atoms with Gasteiger partial charge in [-0.25, -0.2) is 18.9 Å². The summed E-state index contributed by atoms with van der Waals surface area (Å²) >= 11 is 0. The average Bonchev–Trinajstić information content (AvgIpc) is 2.69. The Labute approximate surface area is 224 Å². The van der Waals surface area contributed by atoms with Gasteiger partial charge in [0.25, 0.3) is 0 Å². The molecular weight excluding hydrogens is 599 g/mol. The van der Waals surface area contributed by atoms with Crippen molar-refractivity contribution in [2.45, 2.75) is 55.3 Å². The van der Waals surface area contributed by atoms with Crippen LogP contribution in [-0.4, -0.2) is 116 Å². The molecular formula is C18H21O22P. The Morgan fingerprint density at radius 1 is 0.390 bits per heavy atom. The van der Waals surface area contributed by atoms with Crippen molar-refractivity contribution < 1.29 is 107 Å². The van der Waals surface area contributed by atoms with E-state index in [9.17, 15) is 63.0 Å². The lowest BCUT2D eigenvalue weighted by atomic mass is 9.96. The minimum atomic E-state index is -6.81. The van der Waals surface area contributed by atoms with Crippen LogP contribution in [0.4, 0.5) is 0 Å². The lowest BCUT2D eigenvalue weighted by molar-refractivity contribution is -0.183. The molecule has 0 atom stereocenters. The molecule has 0 rings (SSSR count). The molecule has 0 bridgehead atoms. The van der Waals surface area contributed by atoms with Crippen LogP contribution >= 0.6 is 7.82 Å². The molecule has 0 radical (unpaired) electrons. The number of carboxylic acid groups (broad SMARTS) is 9.